The second kappa shape index (κ2) is 4.70. The van der Waals surface area contributed by atoms with Gasteiger partial charge in [0, 0.05) is 13.3 Å². The number of ether oxygens (including phenoxy) is 2. The molecule has 82 valence electrons. The maximum absolute atomic E-state index is 10.6. The van der Waals surface area contributed by atoms with E-state index in [1.807, 2.05) is 0 Å². The molecule has 0 aromatic carbocycles. The van der Waals surface area contributed by atoms with Crippen LogP contribution >= 0.6 is 0 Å². The average molecular weight is 206 g/mol. The highest BCUT2D eigenvalue weighted by Gasteiger charge is 2.38. The lowest BCUT2D eigenvalue weighted by molar-refractivity contribution is -0.244. The van der Waals surface area contributed by atoms with E-state index in [0.29, 0.717) is 0 Å². The Kier molecular flexibility index (Phi) is 3.82. The fraction of sp³-hybridized carbons (Fsp3) is 0.875. The van der Waals surface area contributed by atoms with Gasteiger partial charge in [0.05, 0.1) is 6.61 Å². The molecule has 1 aliphatic rings. The Morgan fingerprint density at radius 1 is 1.57 bits per heavy atom. The third-order valence-electron chi connectivity index (χ3n) is 2.02. The van der Waals surface area contributed by atoms with Gasteiger partial charge in [0.2, 0.25) is 0 Å². The zero-order valence-electron chi connectivity index (χ0n) is 7.79. The summed E-state index contributed by atoms with van der Waals surface area (Å²) in [5.74, 6) is -0.542. The van der Waals surface area contributed by atoms with E-state index in [1.165, 1.54) is 6.92 Å². The third kappa shape index (κ3) is 2.65. The SMILES string of the molecule is CC(=O)O[C@H]1CC(O)O[C@H](CO)[C@@H]1O. The van der Waals surface area contributed by atoms with Crippen LogP contribution in [0.5, 0.6) is 0 Å². The van der Waals surface area contributed by atoms with Crippen LogP contribution in [0.3, 0.4) is 0 Å². The van der Waals surface area contributed by atoms with Gasteiger partial charge in [-0.2, -0.15) is 0 Å². The van der Waals surface area contributed by atoms with Crippen LogP contribution in [0.2, 0.25) is 0 Å². The molecule has 0 spiro atoms. The second-order valence-corrected chi connectivity index (χ2v) is 3.19. The van der Waals surface area contributed by atoms with Gasteiger partial charge < -0.3 is 24.8 Å². The molecule has 0 bridgehead atoms. The summed E-state index contributed by atoms with van der Waals surface area (Å²) in [5, 5.41) is 27.5. The first kappa shape index (κ1) is 11.4. The largest absolute Gasteiger partial charge is 0.459 e. The molecular weight excluding hydrogens is 192 g/mol. The van der Waals surface area contributed by atoms with Gasteiger partial charge in [-0.15, -0.1) is 0 Å². The molecule has 0 saturated carbocycles. The highest BCUT2D eigenvalue weighted by atomic mass is 16.6. The first-order valence-electron chi connectivity index (χ1n) is 4.34. The Balaban J connectivity index is 2.59. The number of carbonyl (C=O) groups is 1. The van der Waals surface area contributed by atoms with Gasteiger partial charge in [-0.3, -0.25) is 4.79 Å². The molecule has 1 rings (SSSR count). The summed E-state index contributed by atoms with van der Waals surface area (Å²) in [4.78, 5) is 10.6. The Morgan fingerprint density at radius 3 is 2.71 bits per heavy atom. The Bertz CT molecular complexity index is 206. The molecule has 1 aliphatic heterocycles. The molecule has 6 nitrogen and oxygen atoms in total. The predicted octanol–water partition coefficient (Wildman–Crippen LogP) is -1.62. The molecule has 1 saturated heterocycles. The number of hydrogen-bond acceptors (Lipinski definition) is 6. The summed E-state index contributed by atoms with van der Waals surface area (Å²) >= 11 is 0. The Labute approximate surface area is 81.1 Å². The molecule has 3 N–H and O–H groups in total. The maximum Gasteiger partial charge on any atom is 0.302 e. The van der Waals surface area contributed by atoms with Crippen LogP contribution in [0.1, 0.15) is 13.3 Å². The minimum absolute atomic E-state index is 0.0112. The summed E-state index contributed by atoms with van der Waals surface area (Å²) in [7, 11) is 0. The summed E-state index contributed by atoms with van der Waals surface area (Å²) in [6.45, 7) is 0.776. The molecule has 1 unspecified atom stereocenters. The van der Waals surface area contributed by atoms with Gasteiger partial charge in [0.25, 0.3) is 0 Å². The van der Waals surface area contributed by atoms with E-state index < -0.39 is 37.2 Å². The van der Waals surface area contributed by atoms with Crippen molar-refractivity contribution in [3.63, 3.8) is 0 Å². The zero-order chi connectivity index (χ0) is 10.7. The van der Waals surface area contributed by atoms with Crippen LogP contribution in [0, 0.1) is 0 Å². The van der Waals surface area contributed by atoms with Gasteiger partial charge in [0.1, 0.15) is 18.3 Å². The van der Waals surface area contributed by atoms with Gasteiger partial charge in [-0.05, 0) is 0 Å². The molecule has 0 aromatic rings. The normalized spacial score (nSPS) is 38.0. The summed E-state index contributed by atoms with van der Waals surface area (Å²) in [6.07, 6.45) is -3.96. The fourth-order valence-corrected chi connectivity index (χ4v) is 1.40. The number of carbonyl (C=O) groups excluding carboxylic acids is 1. The quantitative estimate of drug-likeness (QED) is 0.470. The molecule has 0 aliphatic carbocycles. The fourth-order valence-electron chi connectivity index (χ4n) is 1.40. The first-order valence-corrected chi connectivity index (χ1v) is 4.34. The lowest BCUT2D eigenvalue weighted by Gasteiger charge is -2.35. The zero-order valence-corrected chi connectivity index (χ0v) is 7.79. The number of aliphatic hydroxyl groups excluding tert-OH is 3. The summed E-state index contributed by atoms with van der Waals surface area (Å²) < 4.78 is 9.59. The highest BCUT2D eigenvalue weighted by molar-refractivity contribution is 5.66. The Hall–Kier alpha value is -0.690. The maximum atomic E-state index is 10.6. The average Bonchev–Trinajstić information content (AvgIpc) is 2.09. The molecule has 6 heteroatoms. The molecule has 1 fully saturated rings. The van der Waals surface area contributed by atoms with Crippen molar-refractivity contribution in [2.24, 2.45) is 0 Å². The van der Waals surface area contributed by atoms with E-state index in [-0.39, 0.29) is 6.42 Å². The van der Waals surface area contributed by atoms with Crippen molar-refractivity contribution in [1.82, 2.24) is 0 Å². The van der Waals surface area contributed by atoms with E-state index in [2.05, 4.69) is 0 Å². The highest BCUT2D eigenvalue weighted by Crippen LogP contribution is 2.21. The van der Waals surface area contributed by atoms with Crippen molar-refractivity contribution in [2.75, 3.05) is 6.61 Å². The van der Waals surface area contributed by atoms with Crippen LogP contribution in [0.15, 0.2) is 0 Å². The van der Waals surface area contributed by atoms with Crippen molar-refractivity contribution >= 4 is 5.97 Å². The van der Waals surface area contributed by atoms with E-state index in [9.17, 15) is 15.0 Å². The molecular formula is C8H14O6. The van der Waals surface area contributed by atoms with Crippen LogP contribution in [-0.4, -0.2) is 52.5 Å². The number of hydrogen-bond donors (Lipinski definition) is 3. The van der Waals surface area contributed by atoms with Gasteiger partial charge >= 0.3 is 5.97 Å². The van der Waals surface area contributed by atoms with Crippen molar-refractivity contribution in [3.05, 3.63) is 0 Å². The second-order valence-electron chi connectivity index (χ2n) is 3.19. The van der Waals surface area contributed by atoms with Gasteiger partial charge in [0.15, 0.2) is 6.29 Å². The lowest BCUT2D eigenvalue weighted by Crippen LogP contribution is -2.51. The minimum atomic E-state index is -1.13. The molecule has 14 heavy (non-hydrogen) atoms. The number of rotatable bonds is 2. The van der Waals surface area contributed by atoms with E-state index in [1.54, 1.807) is 0 Å². The standard InChI is InChI=1S/C8H14O6/c1-4(10)13-5-2-7(11)14-6(3-9)8(5)12/h5-9,11-12H,2-3H2,1H3/t5-,6+,7?,8+/m0/s1. The van der Waals surface area contributed by atoms with E-state index >= 15 is 0 Å². The molecule has 0 radical (unpaired) electrons. The predicted molar refractivity (Wildman–Crippen MR) is 44.1 cm³/mol. The minimum Gasteiger partial charge on any atom is -0.459 e. The molecule has 0 aromatic heterocycles. The molecule has 1 heterocycles. The molecule has 0 amide bonds. The number of aliphatic hydroxyl groups is 3. The van der Waals surface area contributed by atoms with Crippen LogP contribution < -0.4 is 0 Å². The third-order valence-corrected chi connectivity index (χ3v) is 2.02. The number of esters is 1. The van der Waals surface area contributed by atoms with Crippen molar-refractivity contribution in [3.8, 4) is 0 Å². The lowest BCUT2D eigenvalue weighted by atomic mass is 10.0. The monoisotopic (exact) mass is 206 g/mol. The van der Waals surface area contributed by atoms with Gasteiger partial charge in [-0.25, -0.2) is 0 Å². The first-order chi connectivity index (χ1) is 6.54. The van der Waals surface area contributed by atoms with Crippen molar-refractivity contribution in [2.45, 2.75) is 37.9 Å². The van der Waals surface area contributed by atoms with Crippen LogP contribution in [-0.2, 0) is 14.3 Å². The van der Waals surface area contributed by atoms with Crippen LogP contribution in [0.4, 0.5) is 0 Å². The van der Waals surface area contributed by atoms with E-state index in [0.717, 1.165) is 0 Å². The van der Waals surface area contributed by atoms with Crippen molar-refractivity contribution < 1.29 is 29.6 Å². The summed E-state index contributed by atoms with van der Waals surface area (Å²) in [5.41, 5.74) is 0. The smallest absolute Gasteiger partial charge is 0.302 e. The van der Waals surface area contributed by atoms with E-state index in [4.69, 9.17) is 14.6 Å². The van der Waals surface area contributed by atoms with Crippen LogP contribution in [0.25, 0.3) is 0 Å². The Morgan fingerprint density at radius 2 is 2.21 bits per heavy atom. The summed E-state index contributed by atoms with van der Waals surface area (Å²) in [6, 6.07) is 0. The van der Waals surface area contributed by atoms with Crippen molar-refractivity contribution in [1.29, 1.82) is 0 Å². The molecule has 4 atom stereocenters. The van der Waals surface area contributed by atoms with Gasteiger partial charge in [-0.1, -0.05) is 0 Å². The topological polar surface area (TPSA) is 96.2 Å².